The molecule has 2 aromatic carbocycles. The van der Waals surface area contributed by atoms with E-state index in [9.17, 15) is 9.90 Å². The van der Waals surface area contributed by atoms with Crippen molar-refractivity contribution in [2.75, 3.05) is 0 Å². The number of aryl methyl sites for hydroxylation is 1. The van der Waals surface area contributed by atoms with Gasteiger partial charge in [0.15, 0.2) is 5.69 Å². The molecule has 6 nitrogen and oxygen atoms in total. The van der Waals surface area contributed by atoms with Crippen LogP contribution >= 0.6 is 0 Å². The van der Waals surface area contributed by atoms with Gasteiger partial charge in [-0.05, 0) is 30.2 Å². The SMILES string of the molecule is Cc1ccc(-n2cc(C(=O)N[C@@H]3c4ccccc4C[C@@H]3O)nn2)cc1. The summed E-state index contributed by atoms with van der Waals surface area (Å²) < 4.78 is 1.56. The van der Waals surface area contributed by atoms with Gasteiger partial charge in [0, 0.05) is 6.42 Å². The van der Waals surface area contributed by atoms with E-state index in [0.717, 1.165) is 22.4 Å². The maximum atomic E-state index is 12.5. The lowest BCUT2D eigenvalue weighted by Crippen LogP contribution is -2.34. The average molecular weight is 334 g/mol. The Bertz CT molecular complexity index is 917. The van der Waals surface area contributed by atoms with Crippen molar-refractivity contribution in [3.63, 3.8) is 0 Å². The fourth-order valence-corrected chi connectivity index (χ4v) is 3.15. The Morgan fingerprint density at radius 2 is 1.96 bits per heavy atom. The van der Waals surface area contributed by atoms with Crippen LogP contribution in [0.5, 0.6) is 0 Å². The summed E-state index contributed by atoms with van der Waals surface area (Å²) in [7, 11) is 0. The molecule has 1 heterocycles. The van der Waals surface area contributed by atoms with Crippen LogP contribution in [0.3, 0.4) is 0 Å². The van der Waals surface area contributed by atoms with E-state index in [1.165, 1.54) is 0 Å². The molecule has 126 valence electrons. The standard InChI is InChI=1S/C19H18N4O2/c1-12-6-8-14(9-7-12)23-11-16(21-22-23)19(25)20-18-15-5-3-2-4-13(15)10-17(18)24/h2-9,11,17-18,24H,10H2,1H3,(H,20,25)/t17-,18+/m0/s1. The van der Waals surface area contributed by atoms with Crippen LogP contribution < -0.4 is 5.32 Å². The third-order valence-corrected chi connectivity index (χ3v) is 4.52. The van der Waals surface area contributed by atoms with E-state index < -0.39 is 12.1 Å². The quantitative estimate of drug-likeness (QED) is 0.767. The molecule has 2 atom stereocenters. The molecule has 3 aromatic rings. The van der Waals surface area contributed by atoms with Crippen LogP contribution in [0.2, 0.25) is 0 Å². The van der Waals surface area contributed by atoms with Crippen molar-refractivity contribution in [1.82, 2.24) is 20.3 Å². The first-order chi connectivity index (χ1) is 12.1. The topological polar surface area (TPSA) is 80.0 Å². The minimum Gasteiger partial charge on any atom is -0.390 e. The Kier molecular flexibility index (Phi) is 3.82. The van der Waals surface area contributed by atoms with Crippen molar-refractivity contribution in [1.29, 1.82) is 0 Å². The Morgan fingerprint density at radius 3 is 2.76 bits per heavy atom. The van der Waals surface area contributed by atoms with Crippen molar-refractivity contribution in [2.24, 2.45) is 0 Å². The predicted octanol–water partition coefficient (Wildman–Crippen LogP) is 1.96. The Balaban J connectivity index is 1.53. The van der Waals surface area contributed by atoms with E-state index in [0.29, 0.717) is 6.42 Å². The first-order valence-electron chi connectivity index (χ1n) is 8.18. The molecule has 6 heteroatoms. The van der Waals surface area contributed by atoms with Crippen molar-refractivity contribution >= 4 is 5.91 Å². The number of hydrogen-bond acceptors (Lipinski definition) is 4. The number of hydrogen-bond donors (Lipinski definition) is 2. The summed E-state index contributed by atoms with van der Waals surface area (Å²) in [6, 6.07) is 15.1. The average Bonchev–Trinajstić information content (AvgIpc) is 3.21. The summed E-state index contributed by atoms with van der Waals surface area (Å²) in [5, 5.41) is 21.1. The van der Waals surface area contributed by atoms with Gasteiger partial charge in [-0.15, -0.1) is 5.10 Å². The van der Waals surface area contributed by atoms with Gasteiger partial charge in [-0.25, -0.2) is 4.68 Å². The number of benzene rings is 2. The summed E-state index contributed by atoms with van der Waals surface area (Å²) in [6.45, 7) is 2.01. The van der Waals surface area contributed by atoms with Crippen molar-refractivity contribution < 1.29 is 9.90 Å². The predicted molar refractivity (Wildman–Crippen MR) is 92.5 cm³/mol. The van der Waals surface area contributed by atoms with Crippen molar-refractivity contribution in [3.8, 4) is 5.69 Å². The fourth-order valence-electron chi connectivity index (χ4n) is 3.15. The molecule has 1 aliphatic rings. The zero-order chi connectivity index (χ0) is 17.4. The third-order valence-electron chi connectivity index (χ3n) is 4.52. The number of carbonyl (C=O) groups excluding carboxylic acids is 1. The minimum atomic E-state index is -0.631. The highest BCUT2D eigenvalue weighted by Gasteiger charge is 2.32. The van der Waals surface area contributed by atoms with Gasteiger partial charge < -0.3 is 10.4 Å². The fraction of sp³-hybridized carbons (Fsp3) is 0.211. The second kappa shape index (κ2) is 6.14. The third kappa shape index (κ3) is 2.92. The number of aliphatic hydroxyl groups is 1. The maximum Gasteiger partial charge on any atom is 0.274 e. The Morgan fingerprint density at radius 1 is 1.20 bits per heavy atom. The van der Waals surface area contributed by atoms with Gasteiger partial charge in [-0.2, -0.15) is 0 Å². The van der Waals surface area contributed by atoms with Crippen LogP contribution in [0, 0.1) is 6.92 Å². The van der Waals surface area contributed by atoms with Gasteiger partial charge in [0.1, 0.15) is 0 Å². The molecule has 0 saturated carbocycles. The van der Waals surface area contributed by atoms with Crippen LogP contribution in [0.1, 0.15) is 33.2 Å². The summed E-state index contributed by atoms with van der Waals surface area (Å²) in [5.74, 6) is -0.348. The largest absolute Gasteiger partial charge is 0.390 e. The number of rotatable bonds is 3. The second-order valence-corrected chi connectivity index (χ2v) is 6.31. The minimum absolute atomic E-state index is 0.220. The molecule has 0 saturated heterocycles. The van der Waals surface area contributed by atoms with Crippen LogP contribution in [0.15, 0.2) is 54.7 Å². The van der Waals surface area contributed by atoms with Crippen LogP contribution in [0.4, 0.5) is 0 Å². The highest BCUT2D eigenvalue weighted by Crippen LogP contribution is 2.31. The number of amides is 1. The molecule has 2 N–H and O–H groups in total. The highest BCUT2D eigenvalue weighted by molar-refractivity contribution is 5.92. The summed E-state index contributed by atoms with van der Waals surface area (Å²) >= 11 is 0. The van der Waals surface area contributed by atoms with E-state index in [1.807, 2.05) is 55.5 Å². The van der Waals surface area contributed by atoms with E-state index >= 15 is 0 Å². The molecular formula is C19H18N4O2. The first-order valence-corrected chi connectivity index (χ1v) is 8.18. The number of fused-ring (bicyclic) bond motifs is 1. The highest BCUT2D eigenvalue weighted by atomic mass is 16.3. The molecule has 4 rings (SSSR count). The van der Waals surface area contributed by atoms with Gasteiger partial charge >= 0.3 is 0 Å². The van der Waals surface area contributed by atoms with Crippen molar-refractivity contribution in [2.45, 2.75) is 25.5 Å². The van der Waals surface area contributed by atoms with E-state index in [4.69, 9.17) is 0 Å². The number of aliphatic hydroxyl groups excluding tert-OH is 1. The lowest BCUT2D eigenvalue weighted by Gasteiger charge is -2.16. The second-order valence-electron chi connectivity index (χ2n) is 6.31. The molecule has 0 radical (unpaired) electrons. The monoisotopic (exact) mass is 334 g/mol. The molecule has 0 fully saturated rings. The Labute approximate surface area is 145 Å². The van der Waals surface area contributed by atoms with Gasteiger partial charge in [0.25, 0.3) is 5.91 Å². The van der Waals surface area contributed by atoms with E-state index in [-0.39, 0.29) is 11.6 Å². The van der Waals surface area contributed by atoms with Crippen molar-refractivity contribution in [3.05, 3.63) is 77.1 Å². The van der Waals surface area contributed by atoms with E-state index in [2.05, 4.69) is 15.6 Å². The smallest absolute Gasteiger partial charge is 0.274 e. The number of carbonyl (C=O) groups is 1. The zero-order valence-corrected chi connectivity index (χ0v) is 13.8. The first kappa shape index (κ1) is 15.5. The molecule has 0 aliphatic heterocycles. The normalized spacial score (nSPS) is 18.8. The molecule has 0 bridgehead atoms. The summed E-state index contributed by atoms with van der Waals surface area (Å²) in [4.78, 5) is 12.5. The van der Waals surface area contributed by atoms with Gasteiger partial charge in [0.05, 0.1) is 24.0 Å². The lowest BCUT2D eigenvalue weighted by atomic mass is 10.1. The molecule has 0 spiro atoms. The summed E-state index contributed by atoms with van der Waals surface area (Å²) in [5.41, 5.74) is 4.22. The van der Waals surface area contributed by atoms with Gasteiger partial charge in [-0.1, -0.05) is 47.2 Å². The number of nitrogens with one attached hydrogen (secondary N) is 1. The number of aromatic nitrogens is 3. The molecule has 25 heavy (non-hydrogen) atoms. The molecule has 1 aromatic heterocycles. The van der Waals surface area contributed by atoms with Gasteiger partial charge in [0.2, 0.25) is 0 Å². The van der Waals surface area contributed by atoms with Crippen LogP contribution in [0.25, 0.3) is 5.69 Å². The van der Waals surface area contributed by atoms with Crippen LogP contribution in [-0.4, -0.2) is 32.1 Å². The molecule has 1 amide bonds. The number of nitrogens with zero attached hydrogens (tertiary/aromatic N) is 3. The summed E-state index contributed by atoms with van der Waals surface area (Å²) in [6.07, 6.45) is 1.50. The molecule has 1 aliphatic carbocycles. The Hall–Kier alpha value is -2.99. The van der Waals surface area contributed by atoms with Crippen LogP contribution in [-0.2, 0) is 6.42 Å². The van der Waals surface area contributed by atoms with E-state index in [1.54, 1.807) is 10.9 Å². The lowest BCUT2D eigenvalue weighted by molar-refractivity contribution is 0.0853. The molecule has 0 unspecified atom stereocenters. The zero-order valence-electron chi connectivity index (χ0n) is 13.8. The maximum absolute atomic E-state index is 12.5. The van der Waals surface area contributed by atoms with Gasteiger partial charge in [-0.3, -0.25) is 4.79 Å². The molecular weight excluding hydrogens is 316 g/mol.